The Hall–Kier alpha value is -0.410. The number of Topliss-reactive ketones (excluding diaryl/α,β-unsaturated/α-hetero) is 1. The summed E-state index contributed by atoms with van der Waals surface area (Å²) in [4.78, 5) is 12.2. The first-order valence-electron chi connectivity index (χ1n) is 9.22. The van der Waals surface area contributed by atoms with Crippen molar-refractivity contribution in [2.75, 3.05) is 6.61 Å². The van der Waals surface area contributed by atoms with E-state index in [-0.39, 0.29) is 23.9 Å². The van der Waals surface area contributed by atoms with Gasteiger partial charge in [-0.1, -0.05) is 13.8 Å². The second kappa shape index (κ2) is 4.57. The van der Waals surface area contributed by atoms with E-state index in [1.807, 2.05) is 0 Å². The molecule has 0 radical (unpaired) electrons. The highest BCUT2D eigenvalue weighted by Gasteiger charge is 2.68. The van der Waals surface area contributed by atoms with Gasteiger partial charge in [0.05, 0.1) is 12.2 Å². The predicted octanol–water partition coefficient (Wildman–Crippen LogP) is 2.93. The Morgan fingerprint density at radius 2 is 1.95 bits per heavy atom. The Kier molecular flexibility index (Phi) is 3.14. The summed E-state index contributed by atoms with van der Waals surface area (Å²) in [6.07, 6.45) is 8.13. The summed E-state index contributed by atoms with van der Waals surface area (Å²) in [5, 5.41) is 20.5. The summed E-state index contributed by atoms with van der Waals surface area (Å²) >= 11 is 0. The van der Waals surface area contributed by atoms with Gasteiger partial charge in [-0.05, 0) is 73.5 Å². The molecule has 3 nitrogen and oxygen atoms in total. The molecule has 0 aromatic heterocycles. The van der Waals surface area contributed by atoms with Crippen molar-refractivity contribution < 1.29 is 15.0 Å². The number of ketones is 1. The summed E-state index contributed by atoms with van der Waals surface area (Å²) in [7, 11) is 0. The zero-order chi connectivity index (χ0) is 15.8. The normalized spacial score (nSPS) is 57.4. The van der Waals surface area contributed by atoms with Crippen LogP contribution in [-0.2, 0) is 4.79 Å². The molecule has 4 aliphatic carbocycles. The van der Waals surface area contributed by atoms with E-state index in [0.717, 1.165) is 38.5 Å². The van der Waals surface area contributed by atoms with Gasteiger partial charge in [0.1, 0.15) is 5.78 Å². The van der Waals surface area contributed by atoms with E-state index in [1.54, 1.807) is 0 Å². The number of aliphatic hydroxyl groups excluding tert-OH is 1. The van der Waals surface area contributed by atoms with E-state index in [9.17, 15) is 15.0 Å². The smallest absolute Gasteiger partial charge is 0.136 e. The van der Waals surface area contributed by atoms with Gasteiger partial charge in [-0.25, -0.2) is 0 Å². The molecule has 22 heavy (non-hydrogen) atoms. The van der Waals surface area contributed by atoms with E-state index in [2.05, 4.69) is 13.8 Å². The number of aliphatic hydroxyl groups is 2. The van der Waals surface area contributed by atoms with Crippen molar-refractivity contribution in [2.45, 2.75) is 70.8 Å². The van der Waals surface area contributed by atoms with Gasteiger partial charge >= 0.3 is 0 Å². The van der Waals surface area contributed by atoms with Crippen molar-refractivity contribution in [3.05, 3.63) is 0 Å². The monoisotopic (exact) mass is 306 g/mol. The summed E-state index contributed by atoms with van der Waals surface area (Å²) in [6.45, 7) is 4.52. The van der Waals surface area contributed by atoms with E-state index >= 15 is 0 Å². The molecule has 7 unspecified atom stereocenters. The number of carbonyl (C=O) groups is 1. The third-order valence-corrected chi connectivity index (χ3v) is 8.78. The van der Waals surface area contributed by atoms with Crippen LogP contribution in [0.15, 0.2) is 0 Å². The topological polar surface area (TPSA) is 57.5 Å². The van der Waals surface area contributed by atoms with Gasteiger partial charge in [0, 0.05) is 12.3 Å². The first-order valence-corrected chi connectivity index (χ1v) is 9.22. The number of hydrogen-bond acceptors (Lipinski definition) is 3. The third kappa shape index (κ3) is 1.62. The van der Waals surface area contributed by atoms with Gasteiger partial charge in [0.25, 0.3) is 0 Å². The molecule has 1 spiro atoms. The highest BCUT2D eigenvalue weighted by Crippen LogP contribution is 2.73. The standard InChI is InChI=1S/C19H30O3/c1-12-15-4-3-13-9-14-10-18(13,7-8-19(14,22)11-20)17(15,2)6-5-16(12)21/h12-15,20,22H,3-11H2,1-2H3. The number of fused-ring (bicyclic) bond motifs is 2. The molecule has 2 N–H and O–H groups in total. The minimum absolute atomic E-state index is 0.0878. The van der Waals surface area contributed by atoms with Crippen molar-refractivity contribution in [3.8, 4) is 0 Å². The van der Waals surface area contributed by atoms with Crippen LogP contribution in [0.25, 0.3) is 0 Å². The van der Waals surface area contributed by atoms with Crippen molar-refractivity contribution in [2.24, 2.45) is 34.5 Å². The van der Waals surface area contributed by atoms with Crippen molar-refractivity contribution in [1.29, 1.82) is 0 Å². The van der Waals surface area contributed by atoms with E-state index in [4.69, 9.17) is 0 Å². The second-order valence-corrected chi connectivity index (χ2v) is 9.11. The maximum absolute atomic E-state index is 12.2. The molecule has 4 saturated carbocycles. The highest BCUT2D eigenvalue weighted by molar-refractivity contribution is 5.82. The van der Waals surface area contributed by atoms with Crippen LogP contribution >= 0.6 is 0 Å². The fourth-order valence-electron chi connectivity index (χ4n) is 7.34. The quantitative estimate of drug-likeness (QED) is 0.783. The van der Waals surface area contributed by atoms with Crippen LogP contribution in [0.3, 0.4) is 0 Å². The Morgan fingerprint density at radius 3 is 2.68 bits per heavy atom. The van der Waals surface area contributed by atoms with Crippen LogP contribution in [0.5, 0.6) is 0 Å². The first kappa shape index (κ1) is 15.1. The lowest BCUT2D eigenvalue weighted by Gasteiger charge is -2.62. The predicted molar refractivity (Wildman–Crippen MR) is 84.2 cm³/mol. The SMILES string of the molecule is CC1C(=O)CCC2(C)C1CCC1CC3CC12CCC3(O)CO. The summed E-state index contributed by atoms with van der Waals surface area (Å²) in [6, 6.07) is 0. The number of hydrogen-bond donors (Lipinski definition) is 2. The van der Waals surface area contributed by atoms with Crippen LogP contribution in [0.4, 0.5) is 0 Å². The molecule has 0 aromatic carbocycles. The fourth-order valence-corrected chi connectivity index (χ4v) is 7.34. The van der Waals surface area contributed by atoms with Gasteiger partial charge in [-0.15, -0.1) is 0 Å². The van der Waals surface area contributed by atoms with Crippen LogP contribution in [0.2, 0.25) is 0 Å². The van der Waals surface area contributed by atoms with E-state index < -0.39 is 5.60 Å². The van der Waals surface area contributed by atoms with Gasteiger partial charge in [0.15, 0.2) is 0 Å². The molecular weight excluding hydrogens is 276 g/mol. The molecule has 0 aliphatic heterocycles. The molecule has 4 aliphatic rings. The van der Waals surface area contributed by atoms with Gasteiger partial charge in [-0.2, -0.15) is 0 Å². The van der Waals surface area contributed by atoms with E-state index in [1.165, 1.54) is 12.8 Å². The van der Waals surface area contributed by atoms with Crippen molar-refractivity contribution in [1.82, 2.24) is 0 Å². The van der Waals surface area contributed by atoms with Crippen molar-refractivity contribution >= 4 is 5.78 Å². The average molecular weight is 306 g/mol. The zero-order valence-electron chi connectivity index (χ0n) is 14.0. The van der Waals surface area contributed by atoms with Gasteiger partial charge in [0.2, 0.25) is 0 Å². The molecule has 3 heteroatoms. The third-order valence-electron chi connectivity index (χ3n) is 8.78. The largest absolute Gasteiger partial charge is 0.393 e. The summed E-state index contributed by atoms with van der Waals surface area (Å²) in [5.74, 6) is 2.17. The Morgan fingerprint density at radius 1 is 1.18 bits per heavy atom. The molecule has 4 rings (SSSR count). The lowest BCUT2D eigenvalue weighted by Crippen LogP contribution is -2.58. The van der Waals surface area contributed by atoms with Gasteiger partial charge in [-0.3, -0.25) is 4.79 Å². The zero-order valence-corrected chi connectivity index (χ0v) is 14.0. The van der Waals surface area contributed by atoms with Crippen LogP contribution in [-0.4, -0.2) is 28.2 Å². The minimum atomic E-state index is -0.843. The highest BCUT2D eigenvalue weighted by atomic mass is 16.3. The Labute approximate surface area is 133 Å². The Balaban J connectivity index is 1.73. The molecule has 124 valence electrons. The summed E-state index contributed by atoms with van der Waals surface area (Å²) in [5.41, 5.74) is -0.268. The second-order valence-electron chi connectivity index (χ2n) is 9.11. The molecule has 0 amide bonds. The summed E-state index contributed by atoms with van der Waals surface area (Å²) < 4.78 is 0. The molecule has 0 saturated heterocycles. The number of carbonyl (C=O) groups excluding carboxylic acids is 1. The van der Waals surface area contributed by atoms with Crippen molar-refractivity contribution in [3.63, 3.8) is 0 Å². The average Bonchev–Trinajstić information content (AvgIpc) is 2.85. The maximum Gasteiger partial charge on any atom is 0.136 e. The Bertz CT molecular complexity index is 503. The molecular formula is C19H30O3. The molecule has 4 fully saturated rings. The molecule has 7 atom stereocenters. The number of rotatable bonds is 1. The van der Waals surface area contributed by atoms with Crippen LogP contribution < -0.4 is 0 Å². The first-order chi connectivity index (χ1) is 10.4. The molecule has 2 bridgehead atoms. The molecule has 0 aromatic rings. The minimum Gasteiger partial charge on any atom is -0.393 e. The van der Waals surface area contributed by atoms with Crippen LogP contribution in [0.1, 0.15) is 65.2 Å². The van der Waals surface area contributed by atoms with Crippen LogP contribution in [0, 0.1) is 34.5 Å². The maximum atomic E-state index is 12.2. The lowest BCUT2D eigenvalue weighted by atomic mass is 9.42. The fraction of sp³-hybridized carbons (Fsp3) is 0.947. The lowest BCUT2D eigenvalue weighted by molar-refractivity contribution is -0.169. The van der Waals surface area contributed by atoms with Gasteiger partial charge < -0.3 is 10.2 Å². The molecule has 0 heterocycles. The van der Waals surface area contributed by atoms with E-state index in [0.29, 0.717) is 23.0 Å².